The van der Waals surface area contributed by atoms with Crippen LogP contribution >= 0.6 is 0 Å². The Morgan fingerprint density at radius 1 is 1.29 bits per heavy atom. The Hall–Kier alpha value is -1.51. The number of nitrogens with one attached hydrogen (secondary N) is 2. The van der Waals surface area contributed by atoms with Crippen LogP contribution in [0.1, 0.15) is 38.2 Å². The molecule has 1 aromatic carbocycles. The molecule has 17 heavy (non-hydrogen) atoms. The minimum absolute atomic E-state index is 0.0272. The number of aryl methyl sites for hydroxylation is 1. The van der Waals surface area contributed by atoms with E-state index >= 15 is 0 Å². The molecule has 0 bridgehead atoms. The number of benzene rings is 1. The lowest BCUT2D eigenvalue weighted by Crippen LogP contribution is -2.15. The second-order valence-corrected chi connectivity index (χ2v) is 4.84. The molecule has 1 saturated carbocycles. The number of hydrogen-bond acceptors (Lipinski definition) is 2. The van der Waals surface area contributed by atoms with Gasteiger partial charge in [-0.25, -0.2) is 0 Å². The fourth-order valence-corrected chi connectivity index (χ4v) is 2.35. The molecule has 1 aliphatic carbocycles. The van der Waals surface area contributed by atoms with E-state index in [9.17, 15) is 4.79 Å². The van der Waals surface area contributed by atoms with E-state index < -0.39 is 0 Å². The van der Waals surface area contributed by atoms with Gasteiger partial charge in [0.15, 0.2) is 0 Å². The quantitative estimate of drug-likeness (QED) is 0.839. The first-order valence-corrected chi connectivity index (χ1v) is 6.30. The Kier molecular flexibility index (Phi) is 3.67. The van der Waals surface area contributed by atoms with Crippen LogP contribution < -0.4 is 10.6 Å². The normalized spacial score (nSPS) is 15.9. The van der Waals surface area contributed by atoms with E-state index in [1.54, 1.807) is 0 Å². The lowest BCUT2D eigenvalue weighted by molar-refractivity contribution is -0.114. The molecule has 3 heteroatoms. The summed E-state index contributed by atoms with van der Waals surface area (Å²) in [5, 5.41) is 6.39. The minimum atomic E-state index is -0.0272. The second kappa shape index (κ2) is 5.21. The number of amides is 1. The summed E-state index contributed by atoms with van der Waals surface area (Å²) >= 11 is 0. The van der Waals surface area contributed by atoms with Crippen molar-refractivity contribution < 1.29 is 4.79 Å². The van der Waals surface area contributed by atoms with Gasteiger partial charge in [0.2, 0.25) is 5.91 Å². The smallest absolute Gasteiger partial charge is 0.221 e. The summed E-state index contributed by atoms with van der Waals surface area (Å²) < 4.78 is 0. The highest BCUT2D eigenvalue weighted by molar-refractivity contribution is 5.89. The van der Waals surface area contributed by atoms with Gasteiger partial charge in [0.25, 0.3) is 0 Å². The minimum Gasteiger partial charge on any atom is -0.382 e. The molecule has 0 unspecified atom stereocenters. The lowest BCUT2D eigenvalue weighted by atomic mass is 10.1. The predicted molar refractivity (Wildman–Crippen MR) is 71.4 cm³/mol. The molecule has 1 aliphatic rings. The lowest BCUT2D eigenvalue weighted by Gasteiger charge is -2.16. The van der Waals surface area contributed by atoms with Gasteiger partial charge in [0, 0.05) is 24.3 Å². The molecule has 3 nitrogen and oxygen atoms in total. The average Bonchev–Trinajstić information content (AvgIpc) is 2.75. The maximum atomic E-state index is 11.0. The molecule has 2 N–H and O–H groups in total. The van der Waals surface area contributed by atoms with Gasteiger partial charge in [-0.2, -0.15) is 0 Å². The number of hydrogen-bond donors (Lipinski definition) is 2. The van der Waals surface area contributed by atoms with E-state index in [2.05, 4.69) is 17.6 Å². The third kappa shape index (κ3) is 3.22. The van der Waals surface area contributed by atoms with E-state index in [1.807, 2.05) is 18.2 Å². The fraction of sp³-hybridized carbons (Fsp3) is 0.500. The van der Waals surface area contributed by atoms with Crippen molar-refractivity contribution in [2.75, 3.05) is 10.6 Å². The van der Waals surface area contributed by atoms with Crippen molar-refractivity contribution >= 4 is 17.3 Å². The van der Waals surface area contributed by atoms with Crippen molar-refractivity contribution in [3.8, 4) is 0 Å². The number of carbonyl (C=O) groups is 1. The summed E-state index contributed by atoms with van der Waals surface area (Å²) in [6.45, 7) is 3.62. The van der Waals surface area contributed by atoms with Crippen LogP contribution in [0.25, 0.3) is 0 Å². The van der Waals surface area contributed by atoms with E-state index in [0.29, 0.717) is 6.04 Å². The Bertz CT molecular complexity index is 409. The van der Waals surface area contributed by atoms with Gasteiger partial charge in [0.05, 0.1) is 0 Å². The van der Waals surface area contributed by atoms with Crippen molar-refractivity contribution in [2.45, 2.75) is 45.6 Å². The van der Waals surface area contributed by atoms with Gasteiger partial charge in [-0.05, 0) is 37.5 Å². The van der Waals surface area contributed by atoms with Crippen molar-refractivity contribution in [2.24, 2.45) is 0 Å². The van der Waals surface area contributed by atoms with E-state index in [-0.39, 0.29) is 5.91 Å². The molecule has 1 fully saturated rings. The van der Waals surface area contributed by atoms with Gasteiger partial charge in [-0.1, -0.05) is 18.9 Å². The van der Waals surface area contributed by atoms with Crippen LogP contribution in [-0.4, -0.2) is 11.9 Å². The molecule has 2 rings (SSSR count). The van der Waals surface area contributed by atoms with E-state index in [1.165, 1.54) is 38.2 Å². The van der Waals surface area contributed by atoms with E-state index in [0.717, 1.165) is 11.4 Å². The summed E-state index contributed by atoms with van der Waals surface area (Å²) in [6, 6.07) is 6.61. The molecular weight excluding hydrogens is 212 g/mol. The summed E-state index contributed by atoms with van der Waals surface area (Å²) in [5.74, 6) is -0.0272. The van der Waals surface area contributed by atoms with Crippen LogP contribution in [0.5, 0.6) is 0 Å². The molecule has 1 aromatic rings. The Labute approximate surface area is 103 Å². The van der Waals surface area contributed by atoms with Crippen molar-refractivity contribution in [3.05, 3.63) is 23.8 Å². The van der Waals surface area contributed by atoms with Crippen LogP contribution in [-0.2, 0) is 4.79 Å². The van der Waals surface area contributed by atoms with Gasteiger partial charge in [0.1, 0.15) is 0 Å². The van der Waals surface area contributed by atoms with Crippen LogP contribution in [0.2, 0.25) is 0 Å². The molecule has 1 amide bonds. The highest BCUT2D eigenvalue weighted by Crippen LogP contribution is 2.26. The first-order valence-electron chi connectivity index (χ1n) is 6.30. The Balaban J connectivity index is 2.10. The SMILES string of the molecule is CC(=O)Nc1ccc(C)c(NC2CCCC2)c1. The van der Waals surface area contributed by atoms with Crippen molar-refractivity contribution in [3.63, 3.8) is 0 Å². The standard InChI is InChI=1S/C14H20N2O/c1-10-7-8-13(15-11(2)17)9-14(10)16-12-5-3-4-6-12/h7-9,12,16H,3-6H2,1-2H3,(H,15,17). The molecule has 0 spiro atoms. The van der Waals surface area contributed by atoms with Gasteiger partial charge in [-0.15, -0.1) is 0 Å². The average molecular weight is 232 g/mol. The zero-order valence-electron chi connectivity index (χ0n) is 10.5. The van der Waals surface area contributed by atoms with Crippen molar-refractivity contribution in [1.29, 1.82) is 0 Å². The highest BCUT2D eigenvalue weighted by atomic mass is 16.1. The molecule has 0 radical (unpaired) electrons. The van der Waals surface area contributed by atoms with Crippen LogP contribution in [0, 0.1) is 6.92 Å². The van der Waals surface area contributed by atoms with E-state index in [4.69, 9.17) is 0 Å². The van der Waals surface area contributed by atoms with Gasteiger partial charge >= 0.3 is 0 Å². The second-order valence-electron chi connectivity index (χ2n) is 4.84. The largest absolute Gasteiger partial charge is 0.382 e. The molecular formula is C14H20N2O. The third-order valence-corrected chi connectivity index (χ3v) is 3.27. The summed E-state index contributed by atoms with van der Waals surface area (Å²) in [7, 11) is 0. The highest BCUT2D eigenvalue weighted by Gasteiger charge is 2.15. The number of rotatable bonds is 3. The molecule has 0 aliphatic heterocycles. The van der Waals surface area contributed by atoms with Gasteiger partial charge < -0.3 is 10.6 Å². The molecule has 92 valence electrons. The number of anilines is 2. The topological polar surface area (TPSA) is 41.1 Å². The summed E-state index contributed by atoms with van der Waals surface area (Å²) in [5.41, 5.74) is 3.23. The van der Waals surface area contributed by atoms with Gasteiger partial charge in [-0.3, -0.25) is 4.79 Å². The van der Waals surface area contributed by atoms with Crippen LogP contribution in [0.4, 0.5) is 11.4 Å². The Morgan fingerprint density at radius 2 is 2.00 bits per heavy atom. The third-order valence-electron chi connectivity index (χ3n) is 3.27. The monoisotopic (exact) mass is 232 g/mol. The van der Waals surface area contributed by atoms with Crippen molar-refractivity contribution in [1.82, 2.24) is 0 Å². The molecule has 0 saturated heterocycles. The zero-order chi connectivity index (χ0) is 12.3. The number of carbonyl (C=O) groups excluding carboxylic acids is 1. The summed E-state index contributed by atoms with van der Waals surface area (Å²) in [4.78, 5) is 11.0. The molecule has 0 aromatic heterocycles. The first kappa shape index (κ1) is 12.0. The Morgan fingerprint density at radius 3 is 2.65 bits per heavy atom. The fourth-order valence-electron chi connectivity index (χ4n) is 2.35. The predicted octanol–water partition coefficient (Wildman–Crippen LogP) is 3.31. The summed E-state index contributed by atoms with van der Waals surface area (Å²) in [6.07, 6.45) is 5.15. The maximum Gasteiger partial charge on any atom is 0.221 e. The van der Waals surface area contributed by atoms with Crippen LogP contribution in [0.15, 0.2) is 18.2 Å². The van der Waals surface area contributed by atoms with Crippen LogP contribution in [0.3, 0.4) is 0 Å². The first-order chi connectivity index (χ1) is 8.15. The maximum absolute atomic E-state index is 11.0. The molecule has 0 atom stereocenters. The molecule has 0 heterocycles. The zero-order valence-corrected chi connectivity index (χ0v) is 10.5.